The van der Waals surface area contributed by atoms with E-state index in [4.69, 9.17) is 33.2 Å². The van der Waals surface area contributed by atoms with Crippen LogP contribution in [0.25, 0.3) is 11.1 Å². The third kappa shape index (κ3) is 5.04. The summed E-state index contributed by atoms with van der Waals surface area (Å²) in [6.45, 7) is 0. The molecule has 0 fully saturated rings. The highest BCUT2D eigenvalue weighted by molar-refractivity contribution is 5.96. The number of aryl methyl sites for hydroxylation is 1. The van der Waals surface area contributed by atoms with Crippen LogP contribution >= 0.6 is 0 Å². The number of hydrogen-bond acceptors (Lipinski definition) is 9. The topological polar surface area (TPSA) is 111 Å². The minimum atomic E-state index is -0.541. The zero-order valence-electron chi connectivity index (χ0n) is 23.6. The molecule has 1 atom stereocenters. The third-order valence-electron chi connectivity index (χ3n) is 6.95. The van der Waals surface area contributed by atoms with Crippen LogP contribution in [-0.4, -0.2) is 55.7 Å². The van der Waals surface area contributed by atoms with Gasteiger partial charge in [-0.05, 0) is 59.9 Å². The smallest absolute Gasteiger partial charge is 0.252 e. The quantitative estimate of drug-likeness (QED) is 0.418. The van der Waals surface area contributed by atoms with Crippen LogP contribution in [0.2, 0.25) is 0 Å². The van der Waals surface area contributed by atoms with Gasteiger partial charge in [0, 0.05) is 11.1 Å². The van der Waals surface area contributed by atoms with Crippen LogP contribution in [0.5, 0.6) is 40.2 Å². The summed E-state index contributed by atoms with van der Waals surface area (Å²) < 4.78 is 38.6. The van der Waals surface area contributed by atoms with E-state index < -0.39 is 6.04 Å². The molecule has 10 heteroatoms. The Labute approximate surface area is 232 Å². The summed E-state index contributed by atoms with van der Waals surface area (Å²) in [6.07, 6.45) is 1.04. The fraction of sp³-hybridized carbons (Fsp3) is 0.333. The van der Waals surface area contributed by atoms with Crippen LogP contribution in [0.15, 0.2) is 41.2 Å². The lowest BCUT2D eigenvalue weighted by Gasteiger charge is -2.20. The molecule has 0 spiro atoms. The number of benzene rings is 2. The number of rotatable bonds is 9. The number of methoxy groups -OCH3 is 7. The average molecular weight is 552 g/mol. The van der Waals surface area contributed by atoms with Gasteiger partial charge in [-0.25, -0.2) is 0 Å². The fourth-order valence-electron chi connectivity index (χ4n) is 5.07. The van der Waals surface area contributed by atoms with E-state index in [0.717, 1.165) is 11.1 Å². The van der Waals surface area contributed by atoms with E-state index in [1.807, 2.05) is 6.07 Å². The monoisotopic (exact) mass is 551 g/mol. The zero-order chi connectivity index (χ0) is 29.0. The molecule has 4 rings (SSSR count). The molecule has 0 saturated heterocycles. The van der Waals surface area contributed by atoms with Crippen molar-refractivity contribution in [1.29, 1.82) is 0 Å². The molecule has 40 heavy (non-hydrogen) atoms. The number of ether oxygens (including phenoxy) is 7. The molecule has 10 nitrogen and oxygen atoms in total. The maximum atomic E-state index is 13.6. The van der Waals surface area contributed by atoms with Gasteiger partial charge < -0.3 is 38.5 Å². The van der Waals surface area contributed by atoms with Crippen LogP contribution < -0.4 is 43.9 Å². The minimum Gasteiger partial charge on any atom is -0.493 e. The lowest BCUT2D eigenvalue weighted by atomic mass is 9.95. The van der Waals surface area contributed by atoms with Crippen molar-refractivity contribution in [3.05, 3.63) is 63.3 Å². The molecule has 1 aliphatic carbocycles. The summed E-state index contributed by atoms with van der Waals surface area (Å²) in [4.78, 5) is 26.7. The van der Waals surface area contributed by atoms with Crippen molar-refractivity contribution < 1.29 is 38.0 Å². The molecule has 0 aliphatic heterocycles. The molecule has 0 bridgehead atoms. The summed E-state index contributed by atoms with van der Waals surface area (Å²) in [5.74, 6) is 2.27. The normalized spacial score (nSPS) is 13.6. The lowest BCUT2D eigenvalue weighted by molar-refractivity contribution is 0.0934. The summed E-state index contributed by atoms with van der Waals surface area (Å²) in [5.41, 5.74) is 2.95. The lowest BCUT2D eigenvalue weighted by Crippen LogP contribution is -2.29. The van der Waals surface area contributed by atoms with Gasteiger partial charge in [0.15, 0.2) is 28.7 Å². The van der Waals surface area contributed by atoms with E-state index in [-0.39, 0.29) is 17.1 Å². The number of hydrogen-bond donors (Lipinski definition) is 1. The number of carbonyl (C=O) groups is 1. The van der Waals surface area contributed by atoms with Crippen LogP contribution in [0.4, 0.5) is 0 Å². The molecule has 0 unspecified atom stereocenters. The number of nitrogens with one attached hydrogen (secondary N) is 1. The van der Waals surface area contributed by atoms with Gasteiger partial charge in [0.1, 0.15) is 0 Å². The van der Waals surface area contributed by atoms with Crippen LogP contribution in [0.1, 0.15) is 33.9 Å². The van der Waals surface area contributed by atoms with E-state index >= 15 is 0 Å². The van der Waals surface area contributed by atoms with Crippen molar-refractivity contribution in [2.24, 2.45) is 0 Å². The SMILES string of the molecule is COc1cc(C(=O)N[C@H]2CCc3cc(OC)c(OC)c(OC)c3-c3ccc(OC)c(=O)cc32)cc(OC)c1OC. The second-order valence-electron chi connectivity index (χ2n) is 8.94. The Morgan fingerprint density at radius 1 is 0.700 bits per heavy atom. The van der Waals surface area contributed by atoms with E-state index in [0.29, 0.717) is 64.0 Å². The maximum absolute atomic E-state index is 13.6. The van der Waals surface area contributed by atoms with E-state index in [1.165, 1.54) is 41.6 Å². The van der Waals surface area contributed by atoms with Crippen LogP contribution in [-0.2, 0) is 6.42 Å². The highest BCUT2D eigenvalue weighted by Gasteiger charge is 2.30. The first-order valence-corrected chi connectivity index (χ1v) is 12.5. The van der Waals surface area contributed by atoms with E-state index in [1.54, 1.807) is 38.5 Å². The molecule has 1 amide bonds. The Hall–Kier alpha value is -4.60. The summed E-state index contributed by atoms with van der Waals surface area (Å²) in [5, 5.41) is 3.11. The molecule has 1 N–H and O–H groups in total. The molecule has 0 heterocycles. The highest BCUT2D eigenvalue weighted by atomic mass is 16.5. The van der Waals surface area contributed by atoms with Crippen molar-refractivity contribution in [3.63, 3.8) is 0 Å². The molecule has 0 saturated carbocycles. The van der Waals surface area contributed by atoms with E-state index in [9.17, 15) is 9.59 Å². The maximum Gasteiger partial charge on any atom is 0.252 e. The Morgan fingerprint density at radius 2 is 1.27 bits per heavy atom. The van der Waals surface area contributed by atoms with Gasteiger partial charge in [-0.2, -0.15) is 0 Å². The van der Waals surface area contributed by atoms with Gasteiger partial charge in [-0.3, -0.25) is 9.59 Å². The number of carbonyl (C=O) groups excluding carboxylic acids is 1. The van der Waals surface area contributed by atoms with Gasteiger partial charge in [0.2, 0.25) is 16.9 Å². The molecule has 212 valence electrons. The zero-order valence-corrected chi connectivity index (χ0v) is 23.6. The first-order chi connectivity index (χ1) is 19.3. The largest absolute Gasteiger partial charge is 0.493 e. The van der Waals surface area contributed by atoms with Crippen molar-refractivity contribution in [3.8, 4) is 51.4 Å². The highest BCUT2D eigenvalue weighted by Crippen LogP contribution is 2.50. The van der Waals surface area contributed by atoms with Gasteiger partial charge in [0.25, 0.3) is 5.91 Å². The van der Waals surface area contributed by atoms with Gasteiger partial charge in [-0.15, -0.1) is 0 Å². The summed E-state index contributed by atoms with van der Waals surface area (Å²) in [7, 11) is 10.5. The van der Waals surface area contributed by atoms with Crippen molar-refractivity contribution in [2.45, 2.75) is 18.9 Å². The predicted octanol–water partition coefficient (Wildman–Crippen LogP) is 4.19. The van der Waals surface area contributed by atoms with Crippen molar-refractivity contribution in [2.75, 3.05) is 49.8 Å². The van der Waals surface area contributed by atoms with Crippen molar-refractivity contribution >= 4 is 5.91 Å². The second-order valence-corrected chi connectivity index (χ2v) is 8.94. The standard InChI is InChI=1S/C30H33NO9/c1-34-22-11-9-18-19(15-21(22)32)20(10-8-16-12-25(37-4)28(39-6)29(40-7)26(16)18)31-30(33)17-13-23(35-2)27(38-5)24(14-17)36-3/h9,11-15,20H,8,10H2,1-7H3,(H,31,33)/t20-/m0/s1. The molecular formula is C30H33NO9. The average Bonchev–Trinajstić information content (AvgIpc) is 3.23. The molecule has 0 aromatic heterocycles. The second kappa shape index (κ2) is 12.1. The molecule has 3 aromatic rings. The van der Waals surface area contributed by atoms with Crippen LogP contribution in [0, 0.1) is 0 Å². The van der Waals surface area contributed by atoms with Gasteiger partial charge >= 0.3 is 0 Å². The Morgan fingerprint density at radius 3 is 1.82 bits per heavy atom. The molecule has 1 aliphatic rings. The van der Waals surface area contributed by atoms with Gasteiger partial charge in [-0.1, -0.05) is 6.07 Å². The fourth-order valence-corrected chi connectivity index (χ4v) is 5.07. The minimum absolute atomic E-state index is 0.170. The molecular weight excluding hydrogens is 518 g/mol. The van der Waals surface area contributed by atoms with Crippen molar-refractivity contribution in [1.82, 2.24) is 5.32 Å². The molecule has 3 aromatic carbocycles. The Balaban J connectivity index is 1.90. The van der Waals surface area contributed by atoms with E-state index in [2.05, 4.69) is 5.32 Å². The van der Waals surface area contributed by atoms with Crippen LogP contribution in [0.3, 0.4) is 0 Å². The number of amides is 1. The molecule has 0 radical (unpaired) electrons. The Kier molecular flexibility index (Phi) is 8.57. The summed E-state index contributed by atoms with van der Waals surface area (Å²) in [6, 6.07) is 9.42. The summed E-state index contributed by atoms with van der Waals surface area (Å²) >= 11 is 0. The first-order valence-electron chi connectivity index (χ1n) is 12.5. The predicted molar refractivity (Wildman–Crippen MR) is 149 cm³/mol. The first kappa shape index (κ1) is 28.4. The third-order valence-corrected chi connectivity index (χ3v) is 6.95. The van der Waals surface area contributed by atoms with Gasteiger partial charge in [0.05, 0.1) is 55.8 Å². The Bertz CT molecular complexity index is 1460. The number of fused-ring (bicyclic) bond motifs is 3.